The van der Waals surface area contributed by atoms with Crippen LogP contribution in [0.25, 0.3) is 10.2 Å². The number of amides is 3. The van der Waals surface area contributed by atoms with Crippen molar-refractivity contribution in [3.05, 3.63) is 53.5 Å². The van der Waals surface area contributed by atoms with E-state index in [2.05, 4.69) is 20.9 Å². The van der Waals surface area contributed by atoms with Crippen LogP contribution < -0.4 is 25.6 Å². The fourth-order valence-electron chi connectivity index (χ4n) is 4.71. The predicted molar refractivity (Wildman–Crippen MR) is 159 cm³/mol. The van der Waals surface area contributed by atoms with E-state index < -0.39 is 29.8 Å². The summed E-state index contributed by atoms with van der Waals surface area (Å²) in [4.78, 5) is 58.7. The molecule has 0 saturated carbocycles. The minimum atomic E-state index is -0.963. The first-order valence-electron chi connectivity index (χ1n) is 13.8. The van der Waals surface area contributed by atoms with Crippen molar-refractivity contribution in [2.24, 2.45) is 11.8 Å². The molecule has 218 valence electrons. The van der Waals surface area contributed by atoms with Crippen molar-refractivity contribution < 1.29 is 23.9 Å². The second-order valence-electron chi connectivity index (χ2n) is 10.9. The number of ketones is 1. The molecule has 2 heterocycles. The fourth-order valence-corrected chi connectivity index (χ4v) is 5.67. The lowest BCUT2D eigenvalue weighted by Crippen LogP contribution is -2.53. The summed E-state index contributed by atoms with van der Waals surface area (Å²) in [7, 11) is 3.87. The molecule has 0 spiro atoms. The van der Waals surface area contributed by atoms with Crippen LogP contribution in [0.15, 0.2) is 48.5 Å². The number of thiazole rings is 1. The molecule has 3 unspecified atom stereocenters. The monoisotopic (exact) mass is 579 g/mol. The number of nitrogens with one attached hydrogen (secondary N) is 3. The standard InChI is InChI=1S/C30H37N5O5S/c1-18(2)15-24(32-26(36)17-40-21-11-9-20(10-12-21)35(3)4)29(39)33-23(16-19-13-14-31-28(19)38)27(37)30-34-22-7-5-6-8-25(22)41-30/h5-12,18-19,23-24H,13-17H2,1-4H3,(H,31,38)(H,32,36)(H,33,39). The van der Waals surface area contributed by atoms with Crippen molar-refractivity contribution in [1.82, 2.24) is 20.9 Å². The molecule has 3 amide bonds. The van der Waals surface area contributed by atoms with Crippen LogP contribution in [-0.2, 0) is 14.4 Å². The van der Waals surface area contributed by atoms with E-state index in [9.17, 15) is 19.2 Å². The van der Waals surface area contributed by atoms with Crippen molar-refractivity contribution in [3.8, 4) is 5.75 Å². The van der Waals surface area contributed by atoms with Crippen LogP contribution in [0.5, 0.6) is 5.75 Å². The summed E-state index contributed by atoms with van der Waals surface area (Å²) >= 11 is 1.25. The molecular weight excluding hydrogens is 542 g/mol. The van der Waals surface area contributed by atoms with E-state index in [0.29, 0.717) is 30.7 Å². The van der Waals surface area contributed by atoms with Gasteiger partial charge in [-0.15, -0.1) is 11.3 Å². The maximum atomic E-state index is 13.6. The number of aromatic nitrogens is 1. The molecule has 3 atom stereocenters. The summed E-state index contributed by atoms with van der Waals surface area (Å²) in [5, 5.41) is 8.68. The van der Waals surface area contributed by atoms with Crippen LogP contribution in [-0.4, -0.2) is 67.8 Å². The number of para-hydroxylation sites is 1. The highest BCUT2D eigenvalue weighted by Gasteiger charge is 2.34. The third kappa shape index (κ3) is 8.03. The highest BCUT2D eigenvalue weighted by Crippen LogP contribution is 2.25. The van der Waals surface area contributed by atoms with E-state index in [0.717, 1.165) is 10.4 Å². The Labute approximate surface area is 243 Å². The van der Waals surface area contributed by atoms with Crippen LogP contribution in [0, 0.1) is 11.8 Å². The van der Waals surface area contributed by atoms with Crippen molar-refractivity contribution >= 4 is 50.7 Å². The molecular formula is C30H37N5O5S. The SMILES string of the molecule is CC(C)CC(NC(=O)COc1ccc(N(C)C)cc1)C(=O)NC(CC1CCNC1=O)C(=O)c1nc2ccccc2s1. The summed E-state index contributed by atoms with van der Waals surface area (Å²) in [5.41, 5.74) is 1.70. The Morgan fingerprint density at radius 2 is 1.80 bits per heavy atom. The fraction of sp³-hybridized carbons (Fsp3) is 0.433. The number of benzene rings is 2. The molecule has 1 aliphatic rings. The number of anilines is 1. The van der Waals surface area contributed by atoms with E-state index >= 15 is 0 Å². The zero-order chi connectivity index (χ0) is 29.5. The Morgan fingerprint density at radius 1 is 1.07 bits per heavy atom. The number of hydrogen-bond acceptors (Lipinski definition) is 8. The lowest BCUT2D eigenvalue weighted by Gasteiger charge is -2.24. The summed E-state index contributed by atoms with van der Waals surface area (Å²) in [5.74, 6) is -1.20. The summed E-state index contributed by atoms with van der Waals surface area (Å²) in [6.07, 6.45) is 1.10. The molecule has 1 aromatic heterocycles. The first-order valence-corrected chi connectivity index (χ1v) is 14.6. The molecule has 3 aromatic rings. The Balaban J connectivity index is 1.45. The van der Waals surface area contributed by atoms with Gasteiger partial charge in [-0.1, -0.05) is 26.0 Å². The maximum Gasteiger partial charge on any atom is 0.258 e. The molecule has 0 radical (unpaired) electrons. The molecule has 41 heavy (non-hydrogen) atoms. The molecule has 4 rings (SSSR count). The highest BCUT2D eigenvalue weighted by atomic mass is 32.1. The van der Waals surface area contributed by atoms with Crippen molar-refractivity contribution in [3.63, 3.8) is 0 Å². The van der Waals surface area contributed by atoms with Gasteiger partial charge in [0.25, 0.3) is 5.91 Å². The number of fused-ring (bicyclic) bond motifs is 1. The van der Waals surface area contributed by atoms with Gasteiger partial charge in [0, 0.05) is 32.2 Å². The van der Waals surface area contributed by atoms with E-state index in [4.69, 9.17) is 4.74 Å². The van der Waals surface area contributed by atoms with Gasteiger partial charge in [0.15, 0.2) is 11.6 Å². The highest BCUT2D eigenvalue weighted by molar-refractivity contribution is 7.20. The summed E-state index contributed by atoms with van der Waals surface area (Å²) in [6.45, 7) is 4.16. The van der Waals surface area contributed by atoms with Crippen LogP contribution in [0.1, 0.15) is 42.9 Å². The van der Waals surface area contributed by atoms with Gasteiger partial charge in [0.05, 0.1) is 16.3 Å². The average molecular weight is 580 g/mol. The zero-order valence-corrected chi connectivity index (χ0v) is 24.6. The summed E-state index contributed by atoms with van der Waals surface area (Å²) < 4.78 is 6.49. The third-order valence-electron chi connectivity index (χ3n) is 6.90. The Hall–Kier alpha value is -3.99. The molecule has 3 N–H and O–H groups in total. The zero-order valence-electron chi connectivity index (χ0n) is 23.8. The molecule has 11 heteroatoms. The first-order chi connectivity index (χ1) is 19.6. The lowest BCUT2D eigenvalue weighted by molar-refractivity contribution is -0.130. The van der Waals surface area contributed by atoms with Gasteiger partial charge in [0.2, 0.25) is 17.6 Å². The molecule has 0 aliphatic carbocycles. The van der Waals surface area contributed by atoms with Crippen LogP contribution >= 0.6 is 11.3 Å². The van der Waals surface area contributed by atoms with Crippen molar-refractivity contribution in [2.45, 2.75) is 45.2 Å². The van der Waals surface area contributed by atoms with Gasteiger partial charge in [-0.3, -0.25) is 19.2 Å². The average Bonchev–Trinajstić information content (AvgIpc) is 3.56. The Kier molecular flexibility index (Phi) is 9.93. The van der Waals surface area contributed by atoms with E-state index in [1.165, 1.54) is 11.3 Å². The van der Waals surface area contributed by atoms with E-state index in [-0.39, 0.29) is 35.6 Å². The quantitative estimate of drug-likeness (QED) is 0.265. The van der Waals surface area contributed by atoms with Gasteiger partial charge in [-0.05, 0) is 61.6 Å². The topological polar surface area (TPSA) is 130 Å². The molecule has 0 bridgehead atoms. The molecule has 2 aromatic carbocycles. The lowest BCUT2D eigenvalue weighted by atomic mass is 9.95. The van der Waals surface area contributed by atoms with Crippen LogP contribution in [0.4, 0.5) is 5.69 Å². The van der Waals surface area contributed by atoms with Crippen molar-refractivity contribution in [1.29, 1.82) is 0 Å². The number of carbonyl (C=O) groups is 4. The summed E-state index contributed by atoms with van der Waals surface area (Å²) in [6, 6.07) is 12.9. The minimum absolute atomic E-state index is 0.0876. The Bertz CT molecular complexity index is 1350. The van der Waals surface area contributed by atoms with E-state index in [1.807, 2.05) is 69.2 Å². The number of hydrogen-bond donors (Lipinski definition) is 3. The van der Waals surface area contributed by atoms with Gasteiger partial charge < -0.3 is 25.6 Å². The van der Waals surface area contributed by atoms with Gasteiger partial charge >= 0.3 is 0 Å². The first kappa shape index (κ1) is 30.0. The number of Topliss-reactive ketones (excluding diaryl/α,β-unsaturated/α-hetero) is 1. The van der Waals surface area contributed by atoms with Gasteiger partial charge in [0.1, 0.15) is 11.8 Å². The van der Waals surface area contributed by atoms with Crippen molar-refractivity contribution in [2.75, 3.05) is 32.1 Å². The van der Waals surface area contributed by atoms with Gasteiger partial charge in [-0.2, -0.15) is 0 Å². The second kappa shape index (κ2) is 13.6. The smallest absolute Gasteiger partial charge is 0.258 e. The number of nitrogens with zero attached hydrogens (tertiary/aromatic N) is 2. The molecule has 1 fully saturated rings. The molecule has 1 aliphatic heterocycles. The largest absolute Gasteiger partial charge is 0.484 e. The number of rotatable bonds is 13. The second-order valence-corrected chi connectivity index (χ2v) is 11.9. The Morgan fingerprint density at radius 3 is 2.44 bits per heavy atom. The van der Waals surface area contributed by atoms with Gasteiger partial charge in [-0.25, -0.2) is 4.98 Å². The molecule has 1 saturated heterocycles. The third-order valence-corrected chi connectivity index (χ3v) is 7.95. The van der Waals surface area contributed by atoms with Crippen LogP contribution in [0.2, 0.25) is 0 Å². The predicted octanol–water partition coefficient (Wildman–Crippen LogP) is 3.17. The number of carbonyl (C=O) groups excluding carboxylic acids is 4. The number of ether oxygens (including phenoxy) is 1. The normalized spacial score (nSPS) is 16.2. The van der Waals surface area contributed by atoms with Crippen LogP contribution in [0.3, 0.4) is 0 Å². The minimum Gasteiger partial charge on any atom is -0.484 e. The molecule has 10 nitrogen and oxygen atoms in total. The van der Waals surface area contributed by atoms with E-state index in [1.54, 1.807) is 12.1 Å². The maximum absolute atomic E-state index is 13.6.